The molecular weight excluding hydrogens is 322 g/mol. The molecule has 2 bridgehead atoms. The number of hydrogen-bond acceptors (Lipinski definition) is 4. The number of hydrogen-bond donors (Lipinski definition) is 1. The van der Waals surface area contributed by atoms with E-state index in [1.807, 2.05) is 12.3 Å². The first-order chi connectivity index (χ1) is 12.5. The molecular formula is C21H31N5. The number of H-pyrrole nitrogens is 1. The molecule has 5 nitrogen and oxygen atoms in total. The first-order valence-electron chi connectivity index (χ1n) is 9.88. The van der Waals surface area contributed by atoms with Crippen molar-refractivity contribution in [3.8, 4) is 0 Å². The van der Waals surface area contributed by atoms with Crippen LogP contribution in [-0.4, -0.2) is 50.7 Å². The van der Waals surface area contributed by atoms with Crippen molar-refractivity contribution in [1.82, 2.24) is 25.0 Å². The maximum atomic E-state index is 4.53. The van der Waals surface area contributed by atoms with Gasteiger partial charge in [-0.15, -0.1) is 0 Å². The summed E-state index contributed by atoms with van der Waals surface area (Å²) in [6, 6.07) is 9.12. The molecule has 3 saturated heterocycles. The second kappa shape index (κ2) is 7.12. The number of nitrogens with one attached hydrogen (secondary N) is 1. The van der Waals surface area contributed by atoms with Crippen LogP contribution in [0.3, 0.4) is 0 Å². The van der Waals surface area contributed by atoms with Gasteiger partial charge in [-0.25, -0.2) is 0 Å². The van der Waals surface area contributed by atoms with E-state index in [-0.39, 0.29) is 5.41 Å². The summed E-state index contributed by atoms with van der Waals surface area (Å²) in [5.74, 6) is 0.766. The molecule has 5 heterocycles. The van der Waals surface area contributed by atoms with Crippen LogP contribution in [0.5, 0.6) is 0 Å². The smallest absolute Gasteiger partial charge is 0.0678 e. The van der Waals surface area contributed by atoms with Crippen LogP contribution in [0.4, 0.5) is 0 Å². The molecule has 0 saturated carbocycles. The standard InChI is InChI=1S/C21H31N5/c1-21(2,3)20-10-18(23-24-20)13-25-11-16-7-8-19(15-25)26(12-16)14-17-6-4-5-9-22-17/h4-6,9-10,16,19H,7-8,11-15H2,1-3H3,(H,23,24)/t16-,19+/m1/s1. The zero-order valence-corrected chi connectivity index (χ0v) is 16.3. The molecule has 140 valence electrons. The van der Waals surface area contributed by atoms with Gasteiger partial charge in [0.05, 0.1) is 11.4 Å². The topological polar surface area (TPSA) is 48.0 Å². The lowest BCUT2D eigenvalue weighted by Gasteiger charge is -2.35. The normalized spacial score (nSPS) is 24.7. The Morgan fingerprint density at radius 3 is 2.73 bits per heavy atom. The zero-order valence-electron chi connectivity index (χ0n) is 16.3. The summed E-state index contributed by atoms with van der Waals surface area (Å²) < 4.78 is 0. The third-order valence-corrected chi connectivity index (χ3v) is 5.79. The van der Waals surface area contributed by atoms with Crippen molar-refractivity contribution < 1.29 is 0 Å². The highest BCUT2D eigenvalue weighted by atomic mass is 15.3. The fourth-order valence-electron chi connectivity index (χ4n) is 4.37. The quantitative estimate of drug-likeness (QED) is 0.917. The Hall–Kier alpha value is -1.72. The van der Waals surface area contributed by atoms with E-state index in [0.717, 1.165) is 31.2 Å². The van der Waals surface area contributed by atoms with Crippen molar-refractivity contribution in [2.75, 3.05) is 19.6 Å². The van der Waals surface area contributed by atoms with Gasteiger partial charge in [0.15, 0.2) is 0 Å². The highest BCUT2D eigenvalue weighted by molar-refractivity contribution is 5.16. The molecule has 26 heavy (non-hydrogen) atoms. The molecule has 0 aromatic carbocycles. The predicted octanol–water partition coefficient (Wildman–Crippen LogP) is 3.20. The largest absolute Gasteiger partial charge is 0.296 e. The minimum Gasteiger partial charge on any atom is -0.296 e. The van der Waals surface area contributed by atoms with Gasteiger partial charge in [-0.1, -0.05) is 26.8 Å². The first-order valence-corrected chi connectivity index (χ1v) is 9.88. The monoisotopic (exact) mass is 353 g/mol. The van der Waals surface area contributed by atoms with Gasteiger partial charge in [0.25, 0.3) is 0 Å². The highest BCUT2D eigenvalue weighted by Crippen LogP contribution is 2.30. The maximum absolute atomic E-state index is 4.53. The Kier molecular flexibility index (Phi) is 4.84. The van der Waals surface area contributed by atoms with Crippen LogP contribution in [0.25, 0.3) is 0 Å². The lowest BCUT2D eigenvalue weighted by Crippen LogP contribution is -2.43. The molecule has 2 aromatic heterocycles. The van der Waals surface area contributed by atoms with E-state index in [1.54, 1.807) is 0 Å². The van der Waals surface area contributed by atoms with Crippen LogP contribution in [0.15, 0.2) is 30.5 Å². The summed E-state index contributed by atoms with van der Waals surface area (Å²) in [5, 5.41) is 7.80. The minimum absolute atomic E-state index is 0.103. The summed E-state index contributed by atoms with van der Waals surface area (Å²) in [6.07, 6.45) is 4.57. The summed E-state index contributed by atoms with van der Waals surface area (Å²) in [7, 11) is 0. The van der Waals surface area contributed by atoms with Crippen LogP contribution >= 0.6 is 0 Å². The number of aromatic nitrogens is 3. The Labute approximate surface area is 156 Å². The van der Waals surface area contributed by atoms with Crippen molar-refractivity contribution >= 4 is 0 Å². The molecule has 0 radical (unpaired) electrons. The molecule has 0 spiro atoms. The van der Waals surface area contributed by atoms with Crippen molar-refractivity contribution in [3.05, 3.63) is 47.5 Å². The van der Waals surface area contributed by atoms with Gasteiger partial charge in [-0.05, 0) is 37.0 Å². The third kappa shape index (κ3) is 3.99. The lowest BCUT2D eigenvalue weighted by molar-refractivity contribution is 0.121. The first kappa shape index (κ1) is 17.7. The molecule has 0 amide bonds. The Bertz CT molecular complexity index is 718. The maximum Gasteiger partial charge on any atom is 0.0678 e. The number of piperidine rings is 1. The van der Waals surface area contributed by atoms with Crippen molar-refractivity contribution in [2.24, 2.45) is 5.92 Å². The van der Waals surface area contributed by atoms with Gasteiger partial charge in [0.2, 0.25) is 0 Å². The average molecular weight is 354 g/mol. The Balaban J connectivity index is 1.42. The number of nitrogens with zero attached hydrogens (tertiary/aromatic N) is 4. The molecule has 0 aliphatic carbocycles. The van der Waals surface area contributed by atoms with E-state index >= 15 is 0 Å². The third-order valence-electron chi connectivity index (χ3n) is 5.79. The highest BCUT2D eigenvalue weighted by Gasteiger charge is 2.35. The van der Waals surface area contributed by atoms with Crippen LogP contribution in [0.2, 0.25) is 0 Å². The summed E-state index contributed by atoms with van der Waals surface area (Å²) in [5.41, 5.74) is 3.69. The van der Waals surface area contributed by atoms with E-state index in [0.29, 0.717) is 6.04 Å². The molecule has 3 aliphatic rings. The molecule has 5 heteroatoms. The summed E-state index contributed by atoms with van der Waals surface area (Å²) in [4.78, 5) is 9.81. The van der Waals surface area contributed by atoms with Crippen LogP contribution in [-0.2, 0) is 18.5 Å². The summed E-state index contributed by atoms with van der Waals surface area (Å²) in [6.45, 7) is 12.2. The van der Waals surface area contributed by atoms with Crippen molar-refractivity contribution in [1.29, 1.82) is 0 Å². The number of pyridine rings is 1. The molecule has 5 rings (SSSR count). The van der Waals surface area contributed by atoms with Gasteiger partial charge >= 0.3 is 0 Å². The second-order valence-corrected chi connectivity index (χ2v) is 9.07. The van der Waals surface area contributed by atoms with Gasteiger partial charge in [-0.2, -0.15) is 5.10 Å². The number of aromatic amines is 1. The van der Waals surface area contributed by atoms with Crippen molar-refractivity contribution in [3.63, 3.8) is 0 Å². The molecule has 3 aliphatic heterocycles. The molecule has 0 unspecified atom stereocenters. The fourth-order valence-corrected chi connectivity index (χ4v) is 4.37. The minimum atomic E-state index is 0.103. The van der Waals surface area contributed by atoms with E-state index < -0.39 is 0 Å². The Morgan fingerprint density at radius 2 is 2.00 bits per heavy atom. The zero-order chi connectivity index (χ0) is 18.1. The van der Waals surface area contributed by atoms with E-state index in [4.69, 9.17) is 0 Å². The van der Waals surface area contributed by atoms with E-state index in [2.05, 4.69) is 64.0 Å². The molecule has 1 N–H and O–H groups in total. The van der Waals surface area contributed by atoms with Gasteiger partial charge in [0.1, 0.15) is 0 Å². The van der Waals surface area contributed by atoms with E-state index in [1.165, 1.54) is 37.3 Å². The van der Waals surface area contributed by atoms with Gasteiger partial charge in [-0.3, -0.25) is 19.9 Å². The lowest BCUT2D eigenvalue weighted by atomic mass is 9.92. The van der Waals surface area contributed by atoms with Crippen LogP contribution in [0, 0.1) is 5.92 Å². The number of fused-ring (bicyclic) bond motifs is 4. The molecule has 2 aromatic rings. The predicted molar refractivity (Wildman–Crippen MR) is 104 cm³/mol. The molecule has 3 fully saturated rings. The van der Waals surface area contributed by atoms with Crippen LogP contribution in [0.1, 0.15) is 50.7 Å². The van der Waals surface area contributed by atoms with Gasteiger partial charge < -0.3 is 0 Å². The number of rotatable bonds is 4. The molecule has 2 atom stereocenters. The Morgan fingerprint density at radius 1 is 1.12 bits per heavy atom. The van der Waals surface area contributed by atoms with E-state index in [9.17, 15) is 0 Å². The fraction of sp³-hybridized carbons (Fsp3) is 0.619. The van der Waals surface area contributed by atoms with Crippen LogP contribution < -0.4 is 0 Å². The SMILES string of the molecule is CC(C)(C)c1cc(CN2C[C@H]3CC[C@@H](C2)N(Cc2ccccn2)C3)[nH]n1. The summed E-state index contributed by atoms with van der Waals surface area (Å²) >= 11 is 0. The van der Waals surface area contributed by atoms with Gasteiger partial charge in [0, 0.05) is 56.1 Å². The average Bonchev–Trinajstić information content (AvgIpc) is 2.91. The second-order valence-electron chi connectivity index (χ2n) is 9.07. The van der Waals surface area contributed by atoms with Crippen molar-refractivity contribution in [2.45, 2.75) is 58.2 Å².